The minimum Gasteiger partial charge on any atom is -0.340 e. The van der Waals surface area contributed by atoms with Crippen molar-refractivity contribution in [3.63, 3.8) is 0 Å². The molecule has 0 saturated carbocycles. The van der Waals surface area contributed by atoms with Gasteiger partial charge < -0.3 is 15.1 Å². The second-order valence-electron chi connectivity index (χ2n) is 6.11. The Kier molecular flexibility index (Phi) is 6.87. The molecule has 1 aliphatic rings. The van der Waals surface area contributed by atoms with E-state index in [-0.39, 0.29) is 5.91 Å². The molecule has 1 saturated heterocycles. The van der Waals surface area contributed by atoms with Gasteiger partial charge in [-0.1, -0.05) is 25.5 Å². The lowest BCUT2D eigenvalue weighted by molar-refractivity contribution is 0.0773. The summed E-state index contributed by atoms with van der Waals surface area (Å²) >= 11 is 0. The molecule has 1 amide bonds. The van der Waals surface area contributed by atoms with E-state index >= 15 is 0 Å². The number of carbonyl (C=O) groups excluding carboxylic acids is 1. The Morgan fingerprint density at radius 1 is 1.18 bits per heavy atom. The molecule has 0 unspecified atom stereocenters. The Morgan fingerprint density at radius 3 is 2.50 bits per heavy atom. The number of benzene rings is 1. The lowest BCUT2D eigenvalue weighted by atomic mass is 10.1. The summed E-state index contributed by atoms with van der Waals surface area (Å²) in [6.45, 7) is 8.06. The van der Waals surface area contributed by atoms with E-state index in [0.29, 0.717) is 0 Å². The van der Waals surface area contributed by atoms with Gasteiger partial charge in [-0.2, -0.15) is 0 Å². The van der Waals surface area contributed by atoms with Crippen LogP contribution in [0, 0.1) is 0 Å². The average molecular weight is 303 g/mol. The van der Waals surface area contributed by atoms with E-state index in [9.17, 15) is 4.79 Å². The molecule has 0 aliphatic carbocycles. The first-order valence-corrected chi connectivity index (χ1v) is 8.48. The maximum Gasteiger partial charge on any atom is 0.253 e. The number of carbonyl (C=O) groups is 1. The van der Waals surface area contributed by atoms with Crippen molar-refractivity contribution < 1.29 is 4.79 Å². The van der Waals surface area contributed by atoms with Crippen LogP contribution in [0.5, 0.6) is 0 Å². The molecule has 22 heavy (non-hydrogen) atoms. The Balaban J connectivity index is 1.81. The molecule has 0 aromatic heterocycles. The standard InChI is InChI=1S/C18H29N3O/c1-3-19-15-16-7-9-17(10-8-16)18(22)20(2)13-14-21-11-5-4-6-12-21/h7-10,19H,3-6,11-15H2,1-2H3. The van der Waals surface area contributed by atoms with E-state index in [1.54, 1.807) is 0 Å². The summed E-state index contributed by atoms with van der Waals surface area (Å²) in [5.74, 6) is 0.118. The number of likely N-dealkylation sites (N-methyl/N-ethyl adjacent to an activating group) is 1. The largest absolute Gasteiger partial charge is 0.340 e. The molecule has 1 heterocycles. The molecule has 2 rings (SSSR count). The maximum absolute atomic E-state index is 12.4. The van der Waals surface area contributed by atoms with Crippen molar-refractivity contribution in [2.45, 2.75) is 32.7 Å². The number of piperidine rings is 1. The quantitative estimate of drug-likeness (QED) is 0.840. The van der Waals surface area contributed by atoms with Crippen LogP contribution in [0.4, 0.5) is 0 Å². The first kappa shape index (κ1) is 17.0. The highest BCUT2D eigenvalue weighted by Crippen LogP contribution is 2.10. The molecule has 0 bridgehead atoms. The number of rotatable bonds is 7. The van der Waals surface area contributed by atoms with Crippen LogP contribution in [0.2, 0.25) is 0 Å². The van der Waals surface area contributed by atoms with Crippen molar-refractivity contribution in [2.24, 2.45) is 0 Å². The fourth-order valence-corrected chi connectivity index (χ4v) is 2.83. The number of hydrogen-bond acceptors (Lipinski definition) is 3. The Labute approximate surface area is 134 Å². The molecule has 1 fully saturated rings. The third-order valence-corrected chi connectivity index (χ3v) is 4.33. The summed E-state index contributed by atoms with van der Waals surface area (Å²) in [5, 5.41) is 3.29. The van der Waals surface area contributed by atoms with Crippen LogP contribution in [0.3, 0.4) is 0 Å². The molecule has 122 valence electrons. The van der Waals surface area contributed by atoms with Crippen molar-refractivity contribution in [3.05, 3.63) is 35.4 Å². The highest BCUT2D eigenvalue weighted by atomic mass is 16.2. The van der Waals surface area contributed by atoms with Gasteiger partial charge in [-0.25, -0.2) is 0 Å². The molecule has 0 radical (unpaired) electrons. The van der Waals surface area contributed by atoms with Gasteiger partial charge >= 0.3 is 0 Å². The summed E-state index contributed by atoms with van der Waals surface area (Å²) in [5.41, 5.74) is 2.00. The summed E-state index contributed by atoms with van der Waals surface area (Å²) in [7, 11) is 1.90. The van der Waals surface area contributed by atoms with E-state index < -0.39 is 0 Å². The highest BCUT2D eigenvalue weighted by Gasteiger charge is 2.14. The average Bonchev–Trinajstić information content (AvgIpc) is 2.58. The van der Waals surface area contributed by atoms with Gasteiger partial charge in [0.05, 0.1) is 0 Å². The minimum atomic E-state index is 0.118. The summed E-state index contributed by atoms with van der Waals surface area (Å²) < 4.78 is 0. The Hall–Kier alpha value is -1.39. The molecule has 0 atom stereocenters. The first-order chi connectivity index (χ1) is 10.7. The number of nitrogens with zero attached hydrogens (tertiary/aromatic N) is 2. The molecule has 1 aromatic carbocycles. The zero-order valence-corrected chi connectivity index (χ0v) is 14.0. The van der Waals surface area contributed by atoms with Crippen LogP contribution in [0.25, 0.3) is 0 Å². The molecule has 4 nitrogen and oxygen atoms in total. The zero-order valence-electron chi connectivity index (χ0n) is 14.0. The Bertz CT molecular complexity index is 452. The van der Waals surface area contributed by atoms with Crippen LogP contribution >= 0.6 is 0 Å². The van der Waals surface area contributed by atoms with E-state index in [0.717, 1.165) is 31.7 Å². The van der Waals surface area contributed by atoms with Crippen LogP contribution in [0.15, 0.2) is 24.3 Å². The van der Waals surface area contributed by atoms with Crippen LogP contribution in [-0.4, -0.2) is 55.5 Å². The molecule has 1 aliphatic heterocycles. The summed E-state index contributed by atoms with van der Waals surface area (Å²) in [6.07, 6.45) is 3.94. The predicted molar refractivity (Wildman–Crippen MR) is 91.1 cm³/mol. The third-order valence-electron chi connectivity index (χ3n) is 4.33. The molecule has 1 N–H and O–H groups in total. The van der Waals surface area contributed by atoms with Gasteiger partial charge in [0.2, 0.25) is 0 Å². The van der Waals surface area contributed by atoms with Crippen LogP contribution < -0.4 is 5.32 Å². The monoisotopic (exact) mass is 303 g/mol. The van der Waals surface area contributed by atoms with E-state index in [2.05, 4.69) is 17.1 Å². The second-order valence-corrected chi connectivity index (χ2v) is 6.11. The van der Waals surface area contributed by atoms with Crippen molar-refractivity contribution >= 4 is 5.91 Å². The van der Waals surface area contributed by atoms with E-state index in [1.807, 2.05) is 36.2 Å². The van der Waals surface area contributed by atoms with Crippen LogP contribution in [0.1, 0.15) is 42.1 Å². The Morgan fingerprint density at radius 2 is 1.86 bits per heavy atom. The van der Waals surface area contributed by atoms with E-state index in [1.165, 1.54) is 37.9 Å². The lowest BCUT2D eigenvalue weighted by Gasteiger charge is -2.28. The van der Waals surface area contributed by atoms with Crippen molar-refractivity contribution in [1.29, 1.82) is 0 Å². The molecule has 4 heteroatoms. The van der Waals surface area contributed by atoms with Crippen molar-refractivity contribution in [1.82, 2.24) is 15.1 Å². The fourth-order valence-electron chi connectivity index (χ4n) is 2.83. The smallest absolute Gasteiger partial charge is 0.253 e. The summed E-state index contributed by atoms with van der Waals surface area (Å²) in [4.78, 5) is 16.7. The van der Waals surface area contributed by atoms with Gasteiger partial charge in [-0.15, -0.1) is 0 Å². The van der Waals surface area contributed by atoms with Gasteiger partial charge in [0.1, 0.15) is 0 Å². The van der Waals surface area contributed by atoms with Gasteiger partial charge in [-0.3, -0.25) is 4.79 Å². The van der Waals surface area contributed by atoms with Crippen molar-refractivity contribution in [3.8, 4) is 0 Å². The molecule has 0 spiro atoms. The maximum atomic E-state index is 12.4. The fraction of sp³-hybridized carbons (Fsp3) is 0.611. The summed E-state index contributed by atoms with van der Waals surface area (Å²) in [6, 6.07) is 7.95. The predicted octanol–water partition coefficient (Wildman–Crippen LogP) is 2.35. The number of hydrogen-bond donors (Lipinski definition) is 1. The third kappa shape index (κ3) is 5.11. The molecule has 1 aromatic rings. The van der Waals surface area contributed by atoms with E-state index in [4.69, 9.17) is 0 Å². The molecular formula is C18H29N3O. The lowest BCUT2D eigenvalue weighted by Crippen LogP contribution is -2.38. The normalized spacial score (nSPS) is 15.7. The zero-order chi connectivity index (χ0) is 15.8. The van der Waals surface area contributed by atoms with Gasteiger partial charge in [0, 0.05) is 32.2 Å². The van der Waals surface area contributed by atoms with Gasteiger partial charge in [0.25, 0.3) is 5.91 Å². The first-order valence-electron chi connectivity index (χ1n) is 8.48. The highest BCUT2D eigenvalue weighted by molar-refractivity contribution is 5.94. The minimum absolute atomic E-state index is 0.118. The topological polar surface area (TPSA) is 35.6 Å². The molecular weight excluding hydrogens is 274 g/mol. The van der Waals surface area contributed by atoms with Crippen LogP contribution in [-0.2, 0) is 6.54 Å². The SMILES string of the molecule is CCNCc1ccc(C(=O)N(C)CCN2CCCCC2)cc1. The number of likely N-dealkylation sites (tertiary alicyclic amines) is 1. The second kappa shape index (κ2) is 8.91. The van der Waals surface area contributed by atoms with Gasteiger partial charge in [0.15, 0.2) is 0 Å². The number of amides is 1. The van der Waals surface area contributed by atoms with Gasteiger partial charge in [-0.05, 0) is 50.2 Å². The number of nitrogens with one attached hydrogen (secondary N) is 1. The van der Waals surface area contributed by atoms with Crippen molar-refractivity contribution in [2.75, 3.05) is 39.8 Å².